The van der Waals surface area contributed by atoms with Crippen LogP contribution in [-0.4, -0.2) is 15.9 Å². The zero-order valence-electron chi connectivity index (χ0n) is 16.2. The normalized spacial score (nSPS) is 11.0. The van der Waals surface area contributed by atoms with Gasteiger partial charge in [-0.15, -0.1) is 22.7 Å². The molecule has 30 heavy (non-hydrogen) atoms. The number of anilines is 1. The molecule has 5 nitrogen and oxygen atoms in total. The molecule has 0 aliphatic rings. The van der Waals surface area contributed by atoms with E-state index in [0.717, 1.165) is 38.3 Å². The number of hydrogen-bond donors (Lipinski definition) is 1. The van der Waals surface area contributed by atoms with Crippen molar-refractivity contribution in [1.82, 2.24) is 9.97 Å². The van der Waals surface area contributed by atoms with E-state index in [2.05, 4.69) is 15.3 Å². The van der Waals surface area contributed by atoms with Crippen molar-refractivity contribution in [2.45, 2.75) is 13.5 Å². The molecule has 0 atom stereocenters. The molecule has 0 radical (unpaired) electrons. The number of amides is 1. The Morgan fingerprint density at radius 2 is 2.03 bits per heavy atom. The first-order valence-corrected chi connectivity index (χ1v) is 11.0. The number of hydrogen-bond acceptors (Lipinski definition) is 6. The number of carbonyl (C=O) groups excluding carboxylic acids is 1. The van der Waals surface area contributed by atoms with E-state index in [-0.39, 0.29) is 5.91 Å². The summed E-state index contributed by atoms with van der Waals surface area (Å²) in [4.78, 5) is 21.0. The van der Waals surface area contributed by atoms with Crippen molar-refractivity contribution in [2.24, 2.45) is 0 Å². The highest BCUT2D eigenvalue weighted by Gasteiger charge is 2.04. The van der Waals surface area contributed by atoms with E-state index in [0.29, 0.717) is 6.61 Å². The number of thiazole rings is 2. The molecule has 0 bridgehead atoms. The lowest BCUT2D eigenvalue weighted by Crippen LogP contribution is -2.07. The number of ether oxygens (including phenoxy) is 1. The highest BCUT2D eigenvalue weighted by Crippen LogP contribution is 2.24. The van der Waals surface area contributed by atoms with E-state index < -0.39 is 0 Å². The molecule has 0 spiro atoms. The van der Waals surface area contributed by atoms with Gasteiger partial charge in [-0.2, -0.15) is 0 Å². The Hall–Kier alpha value is -3.29. The van der Waals surface area contributed by atoms with Crippen LogP contribution in [0.4, 0.5) is 5.69 Å². The van der Waals surface area contributed by atoms with Crippen molar-refractivity contribution in [3.63, 3.8) is 0 Å². The Morgan fingerprint density at radius 3 is 2.77 bits per heavy atom. The maximum atomic E-state index is 12.3. The zero-order chi connectivity index (χ0) is 20.8. The highest BCUT2D eigenvalue weighted by atomic mass is 32.1. The number of benzene rings is 2. The van der Waals surface area contributed by atoms with Crippen LogP contribution in [0.1, 0.15) is 16.3 Å². The van der Waals surface area contributed by atoms with Crippen molar-refractivity contribution in [3.8, 4) is 16.3 Å². The summed E-state index contributed by atoms with van der Waals surface area (Å²) in [7, 11) is 0. The van der Waals surface area contributed by atoms with Gasteiger partial charge in [0, 0.05) is 34.3 Å². The predicted octanol–water partition coefficient (Wildman–Crippen LogP) is 5.81. The lowest BCUT2D eigenvalue weighted by Gasteiger charge is -2.05. The molecule has 0 aliphatic heterocycles. The third-order valence-corrected chi connectivity index (χ3v) is 5.81. The largest absolute Gasteiger partial charge is 0.487 e. The van der Waals surface area contributed by atoms with Gasteiger partial charge in [0.15, 0.2) is 0 Å². The van der Waals surface area contributed by atoms with E-state index in [1.807, 2.05) is 66.2 Å². The number of aryl methyl sites for hydroxylation is 1. The number of nitrogens with one attached hydrogen (secondary N) is 1. The monoisotopic (exact) mass is 433 g/mol. The quantitative estimate of drug-likeness (QED) is 0.374. The molecule has 4 aromatic rings. The molecule has 150 valence electrons. The predicted molar refractivity (Wildman–Crippen MR) is 123 cm³/mol. The van der Waals surface area contributed by atoms with Crippen molar-refractivity contribution >= 4 is 40.3 Å². The van der Waals surface area contributed by atoms with Crippen LogP contribution in [0.5, 0.6) is 5.75 Å². The minimum Gasteiger partial charge on any atom is -0.487 e. The van der Waals surface area contributed by atoms with Crippen LogP contribution in [0.15, 0.2) is 71.6 Å². The van der Waals surface area contributed by atoms with Gasteiger partial charge in [-0.1, -0.05) is 24.3 Å². The summed E-state index contributed by atoms with van der Waals surface area (Å²) in [6, 6.07) is 15.2. The average Bonchev–Trinajstić information content (AvgIpc) is 3.44. The van der Waals surface area contributed by atoms with Gasteiger partial charge in [-0.3, -0.25) is 4.79 Å². The van der Waals surface area contributed by atoms with Gasteiger partial charge >= 0.3 is 0 Å². The first kappa shape index (κ1) is 20.0. The van der Waals surface area contributed by atoms with E-state index in [1.165, 1.54) is 6.08 Å². The molecular formula is C23H19N3O2S2. The third kappa shape index (κ3) is 5.40. The molecule has 2 aromatic heterocycles. The summed E-state index contributed by atoms with van der Waals surface area (Å²) >= 11 is 3.18. The van der Waals surface area contributed by atoms with Gasteiger partial charge in [0.25, 0.3) is 0 Å². The smallest absolute Gasteiger partial charge is 0.248 e. The maximum Gasteiger partial charge on any atom is 0.248 e. The van der Waals surface area contributed by atoms with Gasteiger partial charge < -0.3 is 10.1 Å². The molecule has 7 heteroatoms. The fraction of sp³-hybridized carbons (Fsp3) is 0.0870. The molecule has 4 rings (SSSR count). The first-order chi connectivity index (χ1) is 14.7. The Morgan fingerprint density at radius 1 is 1.17 bits per heavy atom. The standard InChI is InChI=1S/C23H19N3O2S2/c1-16-25-20(15-30-16)14-28-21-8-5-17(6-9-21)7-10-22(27)26-19-4-2-3-18(13-19)23-24-11-12-29-23/h2-13,15H,14H2,1H3,(H,26,27)/b10-7+. The second-order valence-corrected chi connectivity index (χ2v) is 8.41. The number of nitrogens with zero attached hydrogens (tertiary/aromatic N) is 2. The van der Waals surface area contributed by atoms with Crippen molar-refractivity contribution < 1.29 is 9.53 Å². The summed E-state index contributed by atoms with van der Waals surface area (Å²) in [6.07, 6.45) is 5.06. The molecule has 2 heterocycles. The third-order valence-electron chi connectivity index (χ3n) is 4.17. The Labute approximate surface area is 182 Å². The molecule has 2 aromatic carbocycles. The van der Waals surface area contributed by atoms with Gasteiger partial charge in [0.2, 0.25) is 5.91 Å². The van der Waals surface area contributed by atoms with Crippen LogP contribution < -0.4 is 10.1 Å². The molecule has 1 N–H and O–H groups in total. The van der Waals surface area contributed by atoms with E-state index in [9.17, 15) is 4.79 Å². The van der Waals surface area contributed by atoms with Crippen LogP contribution in [-0.2, 0) is 11.4 Å². The Kier molecular flexibility index (Phi) is 6.32. The van der Waals surface area contributed by atoms with Crippen molar-refractivity contribution in [1.29, 1.82) is 0 Å². The van der Waals surface area contributed by atoms with E-state index >= 15 is 0 Å². The second kappa shape index (κ2) is 9.47. The van der Waals surface area contributed by atoms with Crippen LogP contribution >= 0.6 is 22.7 Å². The molecule has 0 aliphatic carbocycles. The second-order valence-electron chi connectivity index (χ2n) is 6.46. The van der Waals surface area contributed by atoms with E-state index in [4.69, 9.17) is 4.74 Å². The molecule has 0 unspecified atom stereocenters. The van der Waals surface area contributed by atoms with Crippen LogP contribution in [0.2, 0.25) is 0 Å². The minimum atomic E-state index is -0.189. The SMILES string of the molecule is Cc1nc(COc2ccc(/C=C/C(=O)Nc3cccc(-c4nccs4)c3)cc2)cs1. The Bertz CT molecular complexity index is 1150. The summed E-state index contributed by atoms with van der Waals surface area (Å²) in [6.45, 7) is 2.42. The van der Waals surface area contributed by atoms with Crippen molar-refractivity contribution in [3.05, 3.63) is 87.8 Å². The lowest BCUT2D eigenvalue weighted by atomic mass is 10.2. The summed E-state index contributed by atoms with van der Waals surface area (Å²) in [5.74, 6) is 0.576. The number of carbonyl (C=O) groups is 1. The highest BCUT2D eigenvalue weighted by molar-refractivity contribution is 7.13. The summed E-state index contributed by atoms with van der Waals surface area (Å²) in [5, 5.41) is 8.77. The molecule has 0 fully saturated rings. The molecule has 0 saturated heterocycles. The minimum absolute atomic E-state index is 0.189. The first-order valence-electron chi connectivity index (χ1n) is 9.28. The summed E-state index contributed by atoms with van der Waals surface area (Å²) in [5.41, 5.74) is 3.56. The average molecular weight is 434 g/mol. The topological polar surface area (TPSA) is 64.1 Å². The van der Waals surface area contributed by atoms with Crippen molar-refractivity contribution in [2.75, 3.05) is 5.32 Å². The van der Waals surface area contributed by atoms with E-state index in [1.54, 1.807) is 34.9 Å². The number of rotatable bonds is 7. The van der Waals surface area contributed by atoms with Crippen LogP contribution in [0.25, 0.3) is 16.6 Å². The fourth-order valence-corrected chi connectivity index (χ4v) is 3.99. The number of aromatic nitrogens is 2. The Balaban J connectivity index is 1.32. The molecule has 1 amide bonds. The van der Waals surface area contributed by atoms with Gasteiger partial charge in [0.1, 0.15) is 17.4 Å². The van der Waals surface area contributed by atoms with Gasteiger partial charge in [0.05, 0.1) is 10.7 Å². The molecular weight excluding hydrogens is 414 g/mol. The van der Waals surface area contributed by atoms with Crippen LogP contribution in [0, 0.1) is 6.92 Å². The zero-order valence-corrected chi connectivity index (χ0v) is 17.9. The molecule has 0 saturated carbocycles. The lowest BCUT2D eigenvalue weighted by molar-refractivity contribution is -0.111. The van der Waals surface area contributed by atoms with Gasteiger partial charge in [-0.05, 0) is 42.8 Å². The van der Waals surface area contributed by atoms with Crippen LogP contribution in [0.3, 0.4) is 0 Å². The fourth-order valence-electron chi connectivity index (χ4n) is 2.76. The summed E-state index contributed by atoms with van der Waals surface area (Å²) < 4.78 is 5.74. The van der Waals surface area contributed by atoms with Gasteiger partial charge in [-0.25, -0.2) is 9.97 Å². The maximum absolute atomic E-state index is 12.3.